The summed E-state index contributed by atoms with van der Waals surface area (Å²) in [6.07, 6.45) is 0. The molecule has 0 aliphatic carbocycles. The number of H-pyrrole nitrogens is 1. The predicted molar refractivity (Wildman–Crippen MR) is 64.2 cm³/mol. The Morgan fingerprint density at radius 3 is 2.69 bits per heavy atom. The lowest BCUT2D eigenvalue weighted by molar-refractivity contribution is 0.0699. The highest BCUT2D eigenvalue weighted by molar-refractivity contribution is 9.10. The molecule has 0 amide bonds. The third-order valence-electron chi connectivity index (χ3n) is 2.10. The summed E-state index contributed by atoms with van der Waals surface area (Å²) >= 11 is 9.04. The van der Waals surface area contributed by atoms with Crippen LogP contribution in [0.5, 0.6) is 0 Å². The quantitative estimate of drug-likeness (QED) is 0.851. The van der Waals surface area contributed by atoms with E-state index in [1.807, 2.05) is 0 Å². The maximum Gasteiger partial charge on any atom is 0.336 e. The minimum atomic E-state index is -1.16. The van der Waals surface area contributed by atoms with Gasteiger partial charge >= 0.3 is 5.97 Å². The largest absolute Gasteiger partial charge is 0.478 e. The van der Waals surface area contributed by atoms with Crippen molar-refractivity contribution >= 4 is 44.4 Å². The summed E-state index contributed by atoms with van der Waals surface area (Å²) in [5.41, 5.74) is -0.107. The van der Waals surface area contributed by atoms with Crippen LogP contribution in [-0.2, 0) is 0 Å². The molecular formula is C10H5BrClNO3. The van der Waals surface area contributed by atoms with Crippen molar-refractivity contribution in [3.63, 3.8) is 0 Å². The zero-order valence-corrected chi connectivity index (χ0v) is 10.1. The molecule has 0 fully saturated rings. The lowest BCUT2D eigenvalue weighted by Crippen LogP contribution is -2.10. The number of halogens is 2. The molecule has 0 radical (unpaired) electrons. The fourth-order valence-electron chi connectivity index (χ4n) is 1.46. The summed E-state index contributed by atoms with van der Waals surface area (Å²) in [6.45, 7) is 0. The summed E-state index contributed by atoms with van der Waals surface area (Å²) in [5.74, 6) is -1.16. The molecule has 2 rings (SSSR count). The number of fused-ring (bicyclic) bond motifs is 1. The van der Waals surface area contributed by atoms with Crippen molar-refractivity contribution in [3.05, 3.63) is 43.6 Å². The molecule has 1 heterocycles. The molecule has 0 saturated carbocycles. The number of benzene rings is 1. The molecular weight excluding hydrogens is 297 g/mol. The van der Waals surface area contributed by atoms with E-state index >= 15 is 0 Å². The number of hydrogen-bond acceptors (Lipinski definition) is 2. The van der Waals surface area contributed by atoms with Gasteiger partial charge in [0.25, 0.3) is 0 Å². The monoisotopic (exact) mass is 301 g/mol. The standard InChI is InChI=1S/C10H5BrClNO3/c11-7-2-4(12)1-5-6(10(15)16)3-8(14)13-9(5)7/h1-3H,(H,13,14)(H,15,16). The molecule has 1 aromatic heterocycles. The van der Waals surface area contributed by atoms with Gasteiger partial charge in [0.15, 0.2) is 0 Å². The predicted octanol–water partition coefficient (Wildman–Crippen LogP) is 2.64. The number of hydrogen-bond donors (Lipinski definition) is 2. The number of pyridine rings is 1. The number of carboxylic acid groups (broad SMARTS) is 1. The molecule has 0 unspecified atom stereocenters. The Labute approximate surface area is 103 Å². The lowest BCUT2D eigenvalue weighted by Gasteiger charge is -2.04. The van der Waals surface area contributed by atoms with E-state index in [0.29, 0.717) is 20.4 Å². The topological polar surface area (TPSA) is 70.2 Å². The van der Waals surface area contributed by atoms with Crippen molar-refractivity contribution in [2.24, 2.45) is 0 Å². The van der Waals surface area contributed by atoms with Crippen LogP contribution in [0.15, 0.2) is 27.5 Å². The van der Waals surface area contributed by atoms with E-state index in [2.05, 4.69) is 20.9 Å². The maximum atomic E-state index is 11.3. The van der Waals surface area contributed by atoms with Crippen molar-refractivity contribution in [3.8, 4) is 0 Å². The van der Waals surface area contributed by atoms with Crippen LogP contribution in [-0.4, -0.2) is 16.1 Å². The van der Waals surface area contributed by atoms with E-state index in [-0.39, 0.29) is 5.56 Å². The van der Waals surface area contributed by atoms with Crippen LogP contribution in [0.3, 0.4) is 0 Å². The minimum absolute atomic E-state index is 0.0676. The highest BCUT2D eigenvalue weighted by atomic mass is 79.9. The highest BCUT2D eigenvalue weighted by Gasteiger charge is 2.12. The van der Waals surface area contributed by atoms with Gasteiger partial charge in [-0.1, -0.05) is 11.6 Å². The molecule has 0 saturated heterocycles. The fourth-order valence-corrected chi connectivity index (χ4v) is 2.37. The van der Waals surface area contributed by atoms with Crippen molar-refractivity contribution in [1.82, 2.24) is 4.98 Å². The SMILES string of the molecule is O=C(O)c1cc(=O)[nH]c2c(Br)cc(Cl)cc12. The Bertz CT molecular complexity index is 650. The van der Waals surface area contributed by atoms with Crippen LogP contribution >= 0.6 is 27.5 Å². The first-order valence-corrected chi connectivity index (χ1v) is 5.41. The van der Waals surface area contributed by atoms with Crippen molar-refractivity contribution in [1.29, 1.82) is 0 Å². The molecule has 6 heteroatoms. The van der Waals surface area contributed by atoms with Gasteiger partial charge in [0.05, 0.1) is 11.1 Å². The molecule has 82 valence electrons. The van der Waals surface area contributed by atoms with E-state index < -0.39 is 11.5 Å². The van der Waals surface area contributed by atoms with E-state index in [0.717, 1.165) is 6.07 Å². The summed E-state index contributed by atoms with van der Waals surface area (Å²) in [7, 11) is 0. The van der Waals surface area contributed by atoms with Crippen LogP contribution in [0, 0.1) is 0 Å². The van der Waals surface area contributed by atoms with Gasteiger partial charge in [-0.2, -0.15) is 0 Å². The second kappa shape index (κ2) is 3.92. The molecule has 0 spiro atoms. The molecule has 2 aromatic rings. The fraction of sp³-hybridized carbons (Fsp3) is 0. The second-order valence-corrected chi connectivity index (χ2v) is 4.45. The van der Waals surface area contributed by atoms with E-state index in [1.54, 1.807) is 6.07 Å². The molecule has 4 nitrogen and oxygen atoms in total. The number of carboxylic acids is 1. The maximum absolute atomic E-state index is 11.3. The van der Waals surface area contributed by atoms with E-state index in [4.69, 9.17) is 16.7 Å². The third-order valence-corrected chi connectivity index (χ3v) is 2.94. The van der Waals surface area contributed by atoms with Crippen molar-refractivity contribution in [2.45, 2.75) is 0 Å². The minimum Gasteiger partial charge on any atom is -0.478 e. The first-order valence-electron chi connectivity index (χ1n) is 4.24. The second-order valence-electron chi connectivity index (χ2n) is 3.16. The number of aromatic amines is 1. The molecule has 2 N–H and O–H groups in total. The summed E-state index contributed by atoms with van der Waals surface area (Å²) in [6, 6.07) is 4.12. The van der Waals surface area contributed by atoms with Crippen LogP contribution in [0.2, 0.25) is 5.02 Å². The van der Waals surface area contributed by atoms with Crippen LogP contribution in [0.25, 0.3) is 10.9 Å². The molecule has 16 heavy (non-hydrogen) atoms. The summed E-state index contributed by atoms with van der Waals surface area (Å²) in [4.78, 5) is 24.8. The van der Waals surface area contributed by atoms with Gasteiger partial charge in [0.1, 0.15) is 0 Å². The molecule has 0 atom stereocenters. The van der Waals surface area contributed by atoms with Gasteiger partial charge in [-0.05, 0) is 28.1 Å². The van der Waals surface area contributed by atoms with Crippen molar-refractivity contribution < 1.29 is 9.90 Å². The van der Waals surface area contributed by atoms with Gasteiger partial charge in [0.2, 0.25) is 5.56 Å². The van der Waals surface area contributed by atoms with E-state index in [9.17, 15) is 9.59 Å². The smallest absolute Gasteiger partial charge is 0.336 e. The molecule has 1 aromatic carbocycles. The number of carbonyl (C=O) groups is 1. The first-order chi connectivity index (χ1) is 7.49. The molecule has 0 aliphatic heterocycles. The lowest BCUT2D eigenvalue weighted by atomic mass is 10.1. The number of aromatic nitrogens is 1. The number of rotatable bonds is 1. The van der Waals surface area contributed by atoms with Crippen molar-refractivity contribution in [2.75, 3.05) is 0 Å². The third kappa shape index (κ3) is 1.83. The Morgan fingerprint density at radius 1 is 1.38 bits per heavy atom. The van der Waals surface area contributed by atoms with Crippen LogP contribution in [0.1, 0.15) is 10.4 Å². The average Bonchev–Trinajstić information content (AvgIpc) is 2.18. The molecule has 0 aliphatic rings. The Balaban J connectivity index is 3.01. The summed E-state index contributed by atoms with van der Waals surface area (Å²) < 4.78 is 0.551. The van der Waals surface area contributed by atoms with Gasteiger partial charge in [-0.25, -0.2) is 4.79 Å². The average molecular weight is 303 g/mol. The van der Waals surface area contributed by atoms with Crippen LogP contribution in [0.4, 0.5) is 0 Å². The zero-order valence-electron chi connectivity index (χ0n) is 7.75. The van der Waals surface area contributed by atoms with E-state index in [1.165, 1.54) is 6.07 Å². The van der Waals surface area contributed by atoms with Gasteiger partial charge in [-0.3, -0.25) is 4.79 Å². The Hall–Kier alpha value is -1.33. The first kappa shape index (κ1) is 11.2. The number of aromatic carboxylic acids is 1. The number of nitrogens with one attached hydrogen (secondary N) is 1. The Kier molecular flexibility index (Phi) is 2.73. The van der Waals surface area contributed by atoms with Crippen LogP contribution < -0.4 is 5.56 Å². The Morgan fingerprint density at radius 2 is 2.06 bits per heavy atom. The summed E-state index contributed by atoms with van der Waals surface area (Å²) in [5, 5.41) is 9.77. The zero-order chi connectivity index (χ0) is 11.9. The highest BCUT2D eigenvalue weighted by Crippen LogP contribution is 2.27. The van der Waals surface area contributed by atoms with Gasteiger partial charge in [0, 0.05) is 20.9 Å². The van der Waals surface area contributed by atoms with Gasteiger partial charge < -0.3 is 10.1 Å². The normalized spacial score (nSPS) is 10.6. The molecule has 0 bridgehead atoms. The van der Waals surface area contributed by atoms with Gasteiger partial charge in [-0.15, -0.1) is 0 Å².